The normalized spacial score (nSPS) is 14.4. The lowest BCUT2D eigenvalue weighted by Gasteiger charge is -2.23. The van der Waals surface area contributed by atoms with Gasteiger partial charge < -0.3 is 15.8 Å². The van der Waals surface area contributed by atoms with Gasteiger partial charge in [-0.2, -0.15) is 0 Å². The molecule has 3 N–H and O–H groups in total. The van der Waals surface area contributed by atoms with Crippen LogP contribution in [0, 0.1) is 5.92 Å². The second-order valence-corrected chi connectivity index (χ2v) is 5.62. The van der Waals surface area contributed by atoms with Gasteiger partial charge in [0.25, 0.3) is 5.91 Å². The molecule has 126 valence electrons. The van der Waals surface area contributed by atoms with Crippen LogP contribution in [0.1, 0.15) is 44.5 Å². The van der Waals surface area contributed by atoms with Gasteiger partial charge in [0, 0.05) is 5.56 Å². The van der Waals surface area contributed by atoms with Gasteiger partial charge in [0.1, 0.15) is 11.8 Å². The fraction of sp³-hybridized carbons (Fsp3) is 0.471. The molecule has 0 fully saturated rings. The standard InChI is InChI=1S/C17H24N2O4/c1-5-10(2)15(16(18)21)19-17(22)12(4)23-14-8-6-7-13(9-14)11(3)20/h6-10,12,15H,5H2,1-4H3,(H2,18,21)(H,19,22). The molecule has 0 bridgehead atoms. The Bertz CT molecular complexity index is 586. The molecule has 0 saturated heterocycles. The third-order valence-electron chi connectivity index (χ3n) is 3.74. The number of ether oxygens (including phenoxy) is 1. The van der Waals surface area contributed by atoms with Gasteiger partial charge in [0.2, 0.25) is 5.91 Å². The van der Waals surface area contributed by atoms with E-state index in [1.807, 2.05) is 13.8 Å². The molecule has 6 nitrogen and oxygen atoms in total. The van der Waals surface area contributed by atoms with Crippen molar-refractivity contribution in [3.63, 3.8) is 0 Å². The molecule has 0 heterocycles. The molecule has 0 aliphatic rings. The number of nitrogens with one attached hydrogen (secondary N) is 1. The average molecular weight is 320 g/mol. The number of hydrogen-bond donors (Lipinski definition) is 2. The van der Waals surface area contributed by atoms with Crippen LogP contribution in [0.15, 0.2) is 24.3 Å². The molecule has 3 unspecified atom stereocenters. The highest BCUT2D eigenvalue weighted by Crippen LogP contribution is 2.16. The molecule has 6 heteroatoms. The van der Waals surface area contributed by atoms with E-state index < -0.39 is 24.0 Å². The summed E-state index contributed by atoms with van der Waals surface area (Å²) >= 11 is 0. The third kappa shape index (κ3) is 5.39. The van der Waals surface area contributed by atoms with E-state index >= 15 is 0 Å². The number of primary amides is 1. The lowest BCUT2D eigenvalue weighted by molar-refractivity contribution is -0.132. The Morgan fingerprint density at radius 1 is 1.26 bits per heavy atom. The summed E-state index contributed by atoms with van der Waals surface area (Å²) in [5.41, 5.74) is 5.84. The molecule has 2 amide bonds. The number of carbonyl (C=O) groups excluding carboxylic acids is 3. The molecule has 0 saturated carbocycles. The smallest absolute Gasteiger partial charge is 0.261 e. The van der Waals surface area contributed by atoms with Gasteiger partial charge in [-0.25, -0.2) is 0 Å². The Labute approximate surface area is 136 Å². The Morgan fingerprint density at radius 2 is 1.91 bits per heavy atom. The van der Waals surface area contributed by atoms with E-state index in [2.05, 4.69) is 5.32 Å². The Morgan fingerprint density at radius 3 is 2.43 bits per heavy atom. The Kier molecular flexibility index (Phi) is 6.75. The highest BCUT2D eigenvalue weighted by Gasteiger charge is 2.26. The lowest BCUT2D eigenvalue weighted by atomic mass is 9.98. The van der Waals surface area contributed by atoms with Gasteiger partial charge in [0.05, 0.1) is 0 Å². The number of rotatable bonds is 8. The van der Waals surface area contributed by atoms with Crippen molar-refractivity contribution >= 4 is 17.6 Å². The summed E-state index contributed by atoms with van der Waals surface area (Å²) in [6, 6.07) is 5.86. The predicted molar refractivity (Wildman–Crippen MR) is 87.1 cm³/mol. The molecule has 0 aliphatic heterocycles. The second-order valence-electron chi connectivity index (χ2n) is 5.62. The number of carbonyl (C=O) groups is 3. The van der Waals surface area contributed by atoms with Crippen LogP contribution >= 0.6 is 0 Å². The van der Waals surface area contributed by atoms with Crippen LogP contribution < -0.4 is 15.8 Å². The zero-order valence-electron chi connectivity index (χ0n) is 14.0. The number of benzene rings is 1. The molecule has 0 aromatic heterocycles. The summed E-state index contributed by atoms with van der Waals surface area (Å²) in [5.74, 6) is -0.733. The number of ketones is 1. The third-order valence-corrected chi connectivity index (χ3v) is 3.74. The quantitative estimate of drug-likeness (QED) is 0.712. The molecule has 1 aromatic carbocycles. The number of hydrogen-bond acceptors (Lipinski definition) is 4. The zero-order valence-corrected chi connectivity index (χ0v) is 14.0. The molecule has 0 spiro atoms. The van der Waals surface area contributed by atoms with Crippen LogP contribution in [0.5, 0.6) is 5.75 Å². The molecule has 23 heavy (non-hydrogen) atoms. The maximum absolute atomic E-state index is 12.2. The molecule has 0 aliphatic carbocycles. The summed E-state index contributed by atoms with van der Waals surface area (Å²) in [5, 5.41) is 2.62. The van der Waals surface area contributed by atoms with Crippen molar-refractivity contribution in [2.45, 2.75) is 46.3 Å². The second kappa shape index (κ2) is 8.31. The van der Waals surface area contributed by atoms with Crippen molar-refractivity contribution in [1.29, 1.82) is 0 Å². The summed E-state index contributed by atoms with van der Waals surface area (Å²) in [6.07, 6.45) is -0.104. The van der Waals surface area contributed by atoms with Gasteiger partial charge in [-0.1, -0.05) is 32.4 Å². The SMILES string of the molecule is CCC(C)C(NC(=O)C(C)Oc1cccc(C(C)=O)c1)C(N)=O. The molecule has 3 atom stereocenters. The van der Waals surface area contributed by atoms with Gasteiger partial charge >= 0.3 is 0 Å². The minimum atomic E-state index is -0.817. The zero-order chi connectivity index (χ0) is 17.6. The van der Waals surface area contributed by atoms with Gasteiger partial charge in [-0.3, -0.25) is 14.4 Å². The first-order valence-electron chi connectivity index (χ1n) is 7.63. The van der Waals surface area contributed by atoms with Crippen LogP contribution in [-0.2, 0) is 9.59 Å². The van der Waals surface area contributed by atoms with Crippen LogP contribution in [0.25, 0.3) is 0 Å². The molecule has 1 aromatic rings. The number of nitrogens with two attached hydrogens (primary N) is 1. The largest absolute Gasteiger partial charge is 0.481 e. The first-order valence-corrected chi connectivity index (χ1v) is 7.63. The highest BCUT2D eigenvalue weighted by molar-refractivity contribution is 5.94. The van der Waals surface area contributed by atoms with E-state index in [4.69, 9.17) is 10.5 Å². The maximum atomic E-state index is 12.2. The molecular formula is C17H24N2O4. The van der Waals surface area contributed by atoms with Crippen LogP contribution in [0.3, 0.4) is 0 Å². The van der Waals surface area contributed by atoms with E-state index in [-0.39, 0.29) is 11.7 Å². The van der Waals surface area contributed by atoms with Crippen LogP contribution in [-0.4, -0.2) is 29.7 Å². The van der Waals surface area contributed by atoms with Gasteiger partial charge in [-0.05, 0) is 31.9 Å². The van der Waals surface area contributed by atoms with Gasteiger partial charge in [0.15, 0.2) is 11.9 Å². The summed E-state index contributed by atoms with van der Waals surface area (Å²) < 4.78 is 5.54. The van der Waals surface area contributed by atoms with E-state index in [1.165, 1.54) is 6.92 Å². The first kappa shape index (κ1) is 18.7. The summed E-state index contributed by atoms with van der Waals surface area (Å²) in [6.45, 7) is 6.79. The van der Waals surface area contributed by atoms with Crippen LogP contribution in [0.4, 0.5) is 0 Å². The van der Waals surface area contributed by atoms with Crippen LogP contribution in [0.2, 0.25) is 0 Å². The monoisotopic (exact) mass is 320 g/mol. The van der Waals surface area contributed by atoms with E-state index in [0.29, 0.717) is 17.7 Å². The maximum Gasteiger partial charge on any atom is 0.261 e. The molecular weight excluding hydrogens is 296 g/mol. The highest BCUT2D eigenvalue weighted by atomic mass is 16.5. The first-order chi connectivity index (χ1) is 10.8. The van der Waals surface area contributed by atoms with Crippen molar-refractivity contribution < 1.29 is 19.1 Å². The number of amides is 2. The van der Waals surface area contributed by atoms with Gasteiger partial charge in [-0.15, -0.1) is 0 Å². The number of Topliss-reactive ketones (excluding diaryl/α,β-unsaturated/α-hetero) is 1. The van der Waals surface area contributed by atoms with Crippen molar-refractivity contribution in [3.05, 3.63) is 29.8 Å². The fourth-order valence-corrected chi connectivity index (χ4v) is 2.05. The van der Waals surface area contributed by atoms with Crippen molar-refractivity contribution in [1.82, 2.24) is 5.32 Å². The van der Waals surface area contributed by atoms with E-state index in [0.717, 1.165) is 0 Å². The van der Waals surface area contributed by atoms with Crippen molar-refractivity contribution in [2.24, 2.45) is 11.7 Å². The fourth-order valence-electron chi connectivity index (χ4n) is 2.05. The summed E-state index contributed by atoms with van der Waals surface area (Å²) in [4.78, 5) is 35.0. The Hall–Kier alpha value is -2.37. The lowest BCUT2D eigenvalue weighted by Crippen LogP contribution is -2.51. The Balaban J connectivity index is 2.75. The predicted octanol–water partition coefficient (Wildman–Crippen LogP) is 1.67. The summed E-state index contributed by atoms with van der Waals surface area (Å²) in [7, 11) is 0. The van der Waals surface area contributed by atoms with E-state index in [9.17, 15) is 14.4 Å². The van der Waals surface area contributed by atoms with Crippen molar-refractivity contribution in [3.8, 4) is 5.75 Å². The molecule has 0 radical (unpaired) electrons. The van der Waals surface area contributed by atoms with Crippen molar-refractivity contribution in [2.75, 3.05) is 0 Å². The minimum Gasteiger partial charge on any atom is -0.481 e. The average Bonchev–Trinajstić information content (AvgIpc) is 2.51. The molecule has 1 rings (SSSR count). The van der Waals surface area contributed by atoms with E-state index in [1.54, 1.807) is 31.2 Å². The topological polar surface area (TPSA) is 98.5 Å². The minimum absolute atomic E-state index is 0.0651.